The average molecular weight is 219 g/mol. The quantitative estimate of drug-likeness (QED) is 0.779. The third-order valence-electron chi connectivity index (χ3n) is 3.69. The fourth-order valence-electron chi connectivity index (χ4n) is 2.59. The van der Waals surface area contributed by atoms with Gasteiger partial charge in [-0.25, -0.2) is 0 Å². The van der Waals surface area contributed by atoms with E-state index in [9.17, 15) is 10.2 Å². The molecule has 3 nitrogen and oxygen atoms in total. The van der Waals surface area contributed by atoms with E-state index in [1.54, 1.807) is 4.57 Å². The molecule has 86 valence electrons. The summed E-state index contributed by atoms with van der Waals surface area (Å²) in [5.74, 6) is 0.563. The van der Waals surface area contributed by atoms with Crippen molar-refractivity contribution in [3.05, 3.63) is 22.8 Å². The number of hydrogen-bond acceptors (Lipinski definition) is 2. The van der Waals surface area contributed by atoms with Crippen LogP contribution in [0.5, 0.6) is 11.8 Å². The van der Waals surface area contributed by atoms with Crippen molar-refractivity contribution in [2.45, 2.75) is 45.1 Å². The zero-order chi connectivity index (χ0) is 11.1. The molecule has 2 aliphatic rings. The van der Waals surface area contributed by atoms with Crippen molar-refractivity contribution < 1.29 is 10.2 Å². The summed E-state index contributed by atoms with van der Waals surface area (Å²) in [5.41, 5.74) is 3.35. The summed E-state index contributed by atoms with van der Waals surface area (Å²) in [7, 11) is 0. The minimum Gasteiger partial charge on any atom is -0.494 e. The highest BCUT2D eigenvalue weighted by atomic mass is 16.3. The van der Waals surface area contributed by atoms with Gasteiger partial charge in [-0.15, -0.1) is 0 Å². The Morgan fingerprint density at radius 1 is 1.12 bits per heavy atom. The molecule has 2 aliphatic carbocycles. The number of hydrogen-bond donors (Lipinski definition) is 2. The molecule has 1 aromatic heterocycles. The first kappa shape index (κ1) is 9.82. The predicted octanol–water partition coefficient (Wildman–Crippen LogP) is 2.69. The lowest BCUT2D eigenvalue weighted by Gasteiger charge is -2.14. The van der Waals surface area contributed by atoms with Crippen LogP contribution in [0, 0.1) is 0 Å². The molecule has 0 fully saturated rings. The first-order valence-corrected chi connectivity index (χ1v) is 6.07. The highest BCUT2D eigenvalue weighted by Crippen LogP contribution is 2.46. The normalized spacial score (nSPS) is 18.1. The minimum atomic E-state index is 0.281. The topological polar surface area (TPSA) is 45.4 Å². The van der Waals surface area contributed by atoms with E-state index in [2.05, 4.69) is 6.08 Å². The first-order valence-electron chi connectivity index (χ1n) is 6.07. The summed E-state index contributed by atoms with van der Waals surface area (Å²) in [6.45, 7) is 0.705. The fraction of sp³-hybridized carbons (Fsp3) is 0.538. The highest BCUT2D eigenvalue weighted by Gasteiger charge is 2.32. The van der Waals surface area contributed by atoms with E-state index in [-0.39, 0.29) is 11.8 Å². The average Bonchev–Trinajstić information content (AvgIpc) is 3.05. The van der Waals surface area contributed by atoms with Crippen LogP contribution in [0.4, 0.5) is 0 Å². The molecular weight excluding hydrogens is 202 g/mol. The Morgan fingerprint density at radius 2 is 1.88 bits per heavy atom. The van der Waals surface area contributed by atoms with Gasteiger partial charge in [0.05, 0.1) is 0 Å². The third-order valence-corrected chi connectivity index (χ3v) is 3.69. The molecule has 0 amide bonds. The molecule has 16 heavy (non-hydrogen) atoms. The molecular formula is C13H17NO2. The van der Waals surface area contributed by atoms with Crippen LogP contribution in [-0.2, 0) is 13.0 Å². The van der Waals surface area contributed by atoms with Gasteiger partial charge in [0.25, 0.3) is 0 Å². The van der Waals surface area contributed by atoms with Crippen molar-refractivity contribution in [2.75, 3.05) is 0 Å². The second-order valence-corrected chi connectivity index (χ2v) is 4.79. The number of nitrogens with zero attached hydrogens (tertiary/aromatic N) is 1. The summed E-state index contributed by atoms with van der Waals surface area (Å²) >= 11 is 0. The zero-order valence-electron chi connectivity index (χ0n) is 9.37. The highest BCUT2D eigenvalue weighted by molar-refractivity contribution is 5.59. The molecule has 3 rings (SSSR count). The van der Waals surface area contributed by atoms with Crippen molar-refractivity contribution in [3.8, 4) is 11.8 Å². The molecule has 0 saturated carbocycles. The summed E-state index contributed by atoms with van der Waals surface area (Å²) in [4.78, 5) is 0. The molecule has 0 saturated heterocycles. The molecule has 0 aliphatic heterocycles. The van der Waals surface area contributed by atoms with Crippen LogP contribution in [-0.4, -0.2) is 14.8 Å². The number of aromatic nitrogens is 1. The van der Waals surface area contributed by atoms with Gasteiger partial charge < -0.3 is 10.2 Å². The van der Waals surface area contributed by atoms with Gasteiger partial charge in [-0.3, -0.25) is 4.57 Å². The van der Waals surface area contributed by atoms with E-state index in [4.69, 9.17) is 0 Å². The van der Waals surface area contributed by atoms with Crippen molar-refractivity contribution in [1.29, 1.82) is 0 Å². The Balaban J connectivity index is 1.69. The lowest BCUT2D eigenvalue weighted by atomic mass is 9.97. The number of allylic oxidation sites excluding steroid dienone is 2. The number of rotatable bonds is 3. The maximum absolute atomic E-state index is 9.78. The molecule has 0 atom stereocenters. The maximum Gasteiger partial charge on any atom is 0.197 e. The first-order chi connectivity index (χ1) is 7.77. The molecule has 0 unspecified atom stereocenters. The summed E-state index contributed by atoms with van der Waals surface area (Å²) in [5, 5.41) is 19.6. The van der Waals surface area contributed by atoms with E-state index < -0.39 is 0 Å². The van der Waals surface area contributed by atoms with E-state index in [1.807, 2.05) is 0 Å². The van der Waals surface area contributed by atoms with Crippen LogP contribution < -0.4 is 0 Å². The van der Waals surface area contributed by atoms with Crippen LogP contribution in [0.1, 0.15) is 43.2 Å². The summed E-state index contributed by atoms with van der Waals surface area (Å²) < 4.78 is 1.64. The molecule has 2 N–H and O–H groups in total. The van der Waals surface area contributed by atoms with Crippen LogP contribution in [0.15, 0.2) is 11.6 Å². The molecule has 0 bridgehead atoms. The van der Waals surface area contributed by atoms with Gasteiger partial charge in [-0.2, -0.15) is 0 Å². The van der Waals surface area contributed by atoms with Gasteiger partial charge in [0.15, 0.2) is 11.8 Å². The molecule has 3 heteroatoms. The van der Waals surface area contributed by atoms with Gasteiger partial charge in [0.2, 0.25) is 0 Å². The van der Waals surface area contributed by atoms with Crippen LogP contribution in [0.3, 0.4) is 0 Å². The Labute approximate surface area is 95.0 Å². The van der Waals surface area contributed by atoms with Gasteiger partial charge >= 0.3 is 0 Å². The zero-order valence-corrected chi connectivity index (χ0v) is 9.37. The largest absolute Gasteiger partial charge is 0.494 e. The number of fused-ring (bicyclic) bond motifs is 1. The standard InChI is InChI=1S/C13H17NO2/c15-12-10-8-11(10)13(16)14(12)7-6-9-4-2-1-3-5-9/h4,15-16H,1-3,5-8H2. The van der Waals surface area contributed by atoms with Crippen molar-refractivity contribution >= 4 is 0 Å². The van der Waals surface area contributed by atoms with E-state index in [0.717, 1.165) is 24.0 Å². The molecule has 1 heterocycles. The van der Waals surface area contributed by atoms with E-state index in [1.165, 1.54) is 31.3 Å². The predicted molar refractivity (Wildman–Crippen MR) is 61.7 cm³/mol. The fourth-order valence-corrected chi connectivity index (χ4v) is 2.59. The maximum atomic E-state index is 9.78. The van der Waals surface area contributed by atoms with Gasteiger partial charge in [-0.05, 0) is 32.1 Å². The Kier molecular flexibility index (Phi) is 2.20. The molecule has 1 aromatic rings. The second-order valence-electron chi connectivity index (χ2n) is 4.79. The molecule has 0 radical (unpaired) electrons. The van der Waals surface area contributed by atoms with Crippen molar-refractivity contribution in [3.63, 3.8) is 0 Å². The SMILES string of the molecule is Oc1c2c(c(O)n1CCC1=CCCCC1)C2. The lowest BCUT2D eigenvalue weighted by molar-refractivity contribution is 0.361. The monoisotopic (exact) mass is 219 g/mol. The molecule has 0 spiro atoms. The summed E-state index contributed by atoms with van der Waals surface area (Å²) in [6.07, 6.45) is 9.00. The Hall–Kier alpha value is -1.38. The van der Waals surface area contributed by atoms with Crippen molar-refractivity contribution in [2.24, 2.45) is 0 Å². The van der Waals surface area contributed by atoms with Crippen molar-refractivity contribution in [1.82, 2.24) is 4.57 Å². The van der Waals surface area contributed by atoms with Crippen LogP contribution in [0.25, 0.3) is 0 Å². The van der Waals surface area contributed by atoms with E-state index >= 15 is 0 Å². The van der Waals surface area contributed by atoms with Gasteiger partial charge in [-0.1, -0.05) is 11.6 Å². The van der Waals surface area contributed by atoms with Gasteiger partial charge in [0.1, 0.15) is 0 Å². The summed E-state index contributed by atoms with van der Waals surface area (Å²) in [6, 6.07) is 0. The van der Waals surface area contributed by atoms with Gasteiger partial charge in [0, 0.05) is 24.1 Å². The molecule has 0 aromatic carbocycles. The van der Waals surface area contributed by atoms with E-state index in [0.29, 0.717) is 6.54 Å². The Morgan fingerprint density at radius 3 is 2.50 bits per heavy atom. The van der Waals surface area contributed by atoms with Crippen LogP contribution in [0.2, 0.25) is 0 Å². The minimum absolute atomic E-state index is 0.281. The smallest absolute Gasteiger partial charge is 0.197 e. The number of aromatic hydroxyl groups is 2. The van der Waals surface area contributed by atoms with Crippen LogP contribution >= 0.6 is 0 Å². The third kappa shape index (κ3) is 1.51. The second kappa shape index (κ2) is 3.58. The lowest BCUT2D eigenvalue weighted by Crippen LogP contribution is -2.01. The Bertz CT molecular complexity index is 431.